The molecule has 1 saturated heterocycles. The van der Waals surface area contributed by atoms with E-state index in [1.807, 2.05) is 23.9 Å². The van der Waals surface area contributed by atoms with Crippen molar-refractivity contribution in [3.8, 4) is 11.3 Å². The summed E-state index contributed by atoms with van der Waals surface area (Å²) in [7, 11) is 2.00. The smallest absolute Gasteiger partial charge is 0.248 e. The number of nitrogens with zero attached hydrogens (tertiary/aromatic N) is 3. The third kappa shape index (κ3) is 1.77. The van der Waals surface area contributed by atoms with Crippen LogP contribution < -0.4 is 10.6 Å². The zero-order valence-electron chi connectivity index (χ0n) is 12.0. The van der Waals surface area contributed by atoms with Gasteiger partial charge in [-0.1, -0.05) is 12.1 Å². The lowest BCUT2D eigenvalue weighted by molar-refractivity contribution is 0.100. The van der Waals surface area contributed by atoms with Gasteiger partial charge in [0.25, 0.3) is 0 Å². The number of aryl methyl sites for hydroxylation is 1. The third-order valence-corrected chi connectivity index (χ3v) is 4.69. The van der Waals surface area contributed by atoms with Gasteiger partial charge in [0, 0.05) is 37.2 Å². The monoisotopic (exact) mass is 282 g/mol. The summed E-state index contributed by atoms with van der Waals surface area (Å²) in [5.41, 5.74) is 10.6. The van der Waals surface area contributed by atoms with Gasteiger partial charge < -0.3 is 10.6 Å². The molecule has 0 atom stereocenters. The van der Waals surface area contributed by atoms with Crippen molar-refractivity contribution < 1.29 is 4.79 Å². The van der Waals surface area contributed by atoms with E-state index in [0.29, 0.717) is 11.5 Å². The average Bonchev–Trinajstić information content (AvgIpc) is 2.87. The van der Waals surface area contributed by atoms with Crippen molar-refractivity contribution in [3.05, 3.63) is 35.5 Å². The molecule has 21 heavy (non-hydrogen) atoms. The van der Waals surface area contributed by atoms with Crippen molar-refractivity contribution in [1.82, 2.24) is 9.78 Å². The zero-order chi connectivity index (χ0) is 14.6. The number of nitrogens with two attached hydrogens (primary N) is 1. The van der Waals surface area contributed by atoms with Gasteiger partial charge in [-0.2, -0.15) is 5.10 Å². The number of hydrogen-bond donors (Lipinski definition) is 1. The van der Waals surface area contributed by atoms with Crippen molar-refractivity contribution in [3.63, 3.8) is 0 Å². The number of fused-ring (bicyclic) bond motifs is 2. The summed E-state index contributed by atoms with van der Waals surface area (Å²) in [6.45, 7) is 2.24. The van der Waals surface area contributed by atoms with Gasteiger partial charge in [-0.05, 0) is 25.0 Å². The van der Waals surface area contributed by atoms with Crippen LogP contribution in [-0.2, 0) is 7.05 Å². The Morgan fingerprint density at radius 1 is 1.24 bits per heavy atom. The number of hydrogen-bond acceptors (Lipinski definition) is 3. The predicted octanol–water partition coefficient (Wildman–Crippen LogP) is 1.88. The van der Waals surface area contributed by atoms with Gasteiger partial charge in [0.15, 0.2) is 0 Å². The fourth-order valence-corrected chi connectivity index (χ4v) is 3.61. The molecule has 5 heteroatoms. The standard InChI is InChI=1S/C16H18N4O/c1-19-14(11-2-4-12(5-3-11)16(17)21)15-13(18-19)10-6-8-20(15)9-7-10/h2-5,10H,6-9H2,1H3,(H2,17,21). The highest BCUT2D eigenvalue weighted by Gasteiger charge is 2.36. The third-order valence-electron chi connectivity index (χ3n) is 4.69. The summed E-state index contributed by atoms with van der Waals surface area (Å²) in [5, 5.41) is 4.75. The molecule has 1 fully saturated rings. The van der Waals surface area contributed by atoms with Gasteiger partial charge in [0.1, 0.15) is 0 Å². The number of piperidine rings is 1. The van der Waals surface area contributed by atoms with Gasteiger partial charge in [0.2, 0.25) is 5.91 Å². The Labute approximate surface area is 123 Å². The highest BCUT2D eigenvalue weighted by Crippen LogP contribution is 2.46. The number of carbonyl (C=O) groups is 1. The zero-order valence-corrected chi connectivity index (χ0v) is 12.0. The Hall–Kier alpha value is -2.30. The first-order valence-corrected chi connectivity index (χ1v) is 7.37. The molecule has 0 aliphatic carbocycles. The highest BCUT2D eigenvalue weighted by atomic mass is 16.1. The van der Waals surface area contributed by atoms with Crippen molar-refractivity contribution in [1.29, 1.82) is 0 Å². The summed E-state index contributed by atoms with van der Waals surface area (Å²) >= 11 is 0. The van der Waals surface area contributed by atoms with E-state index in [2.05, 4.69) is 4.90 Å². The predicted molar refractivity (Wildman–Crippen MR) is 81.3 cm³/mol. The van der Waals surface area contributed by atoms with Crippen molar-refractivity contribution in [2.24, 2.45) is 12.8 Å². The molecular formula is C16H18N4O. The van der Waals surface area contributed by atoms with Gasteiger partial charge in [-0.3, -0.25) is 9.48 Å². The van der Waals surface area contributed by atoms with E-state index in [9.17, 15) is 4.79 Å². The first kappa shape index (κ1) is 12.4. The lowest BCUT2D eigenvalue weighted by Gasteiger charge is -2.39. The lowest BCUT2D eigenvalue weighted by atomic mass is 9.86. The fraction of sp³-hybridized carbons (Fsp3) is 0.375. The SMILES string of the molecule is Cn1nc2c(c1-c1ccc(C(N)=O)cc1)N1CCC2CC1. The Kier molecular flexibility index (Phi) is 2.58. The summed E-state index contributed by atoms with van der Waals surface area (Å²) in [6, 6.07) is 7.49. The van der Waals surface area contributed by atoms with Crippen LogP contribution in [0.3, 0.4) is 0 Å². The van der Waals surface area contributed by atoms with Crippen LogP contribution in [0.25, 0.3) is 11.3 Å². The minimum absolute atomic E-state index is 0.392. The molecule has 1 aromatic heterocycles. The number of carbonyl (C=O) groups excluding carboxylic acids is 1. The Balaban J connectivity index is 1.84. The topological polar surface area (TPSA) is 64.2 Å². The van der Waals surface area contributed by atoms with E-state index in [0.717, 1.165) is 24.3 Å². The normalized spacial score (nSPS) is 17.1. The summed E-state index contributed by atoms with van der Waals surface area (Å²) < 4.78 is 1.97. The second-order valence-electron chi connectivity index (χ2n) is 5.91. The fourth-order valence-electron chi connectivity index (χ4n) is 3.61. The lowest BCUT2D eigenvalue weighted by Crippen LogP contribution is -2.38. The van der Waals surface area contributed by atoms with Gasteiger partial charge in [-0.25, -0.2) is 0 Å². The van der Waals surface area contributed by atoms with Crippen molar-refractivity contribution >= 4 is 11.6 Å². The molecule has 0 spiro atoms. The van der Waals surface area contributed by atoms with Crippen molar-refractivity contribution in [2.45, 2.75) is 18.8 Å². The van der Waals surface area contributed by atoms with Crippen LogP contribution in [0.5, 0.6) is 0 Å². The Bertz CT molecular complexity index is 709. The maximum Gasteiger partial charge on any atom is 0.248 e. The molecule has 3 aliphatic heterocycles. The molecule has 0 radical (unpaired) electrons. The van der Waals surface area contributed by atoms with Crippen LogP contribution in [0.2, 0.25) is 0 Å². The van der Waals surface area contributed by atoms with E-state index in [-0.39, 0.29) is 0 Å². The van der Waals surface area contributed by atoms with Crippen molar-refractivity contribution in [2.75, 3.05) is 18.0 Å². The van der Waals surface area contributed by atoms with E-state index < -0.39 is 5.91 Å². The molecule has 1 amide bonds. The van der Waals surface area contributed by atoms with Crippen LogP contribution in [0.15, 0.2) is 24.3 Å². The van der Waals surface area contributed by atoms with E-state index >= 15 is 0 Å². The second kappa shape index (κ2) is 4.35. The van der Waals surface area contributed by atoms with E-state index in [1.165, 1.54) is 24.2 Å². The molecule has 3 aliphatic rings. The molecule has 108 valence electrons. The Morgan fingerprint density at radius 2 is 1.90 bits per heavy atom. The molecular weight excluding hydrogens is 264 g/mol. The molecule has 5 rings (SSSR count). The second-order valence-corrected chi connectivity index (χ2v) is 5.91. The Morgan fingerprint density at radius 3 is 2.52 bits per heavy atom. The quantitative estimate of drug-likeness (QED) is 0.914. The maximum absolute atomic E-state index is 11.2. The number of anilines is 1. The summed E-state index contributed by atoms with van der Waals surface area (Å²) in [4.78, 5) is 13.6. The number of benzene rings is 1. The average molecular weight is 282 g/mol. The molecule has 0 saturated carbocycles. The summed E-state index contributed by atoms with van der Waals surface area (Å²) in [6.07, 6.45) is 2.42. The molecule has 5 nitrogen and oxygen atoms in total. The maximum atomic E-state index is 11.2. The van der Waals surface area contributed by atoms with Crippen LogP contribution in [-0.4, -0.2) is 28.8 Å². The van der Waals surface area contributed by atoms with E-state index in [1.54, 1.807) is 12.1 Å². The molecule has 4 heterocycles. The van der Waals surface area contributed by atoms with E-state index in [4.69, 9.17) is 10.8 Å². The molecule has 2 N–H and O–H groups in total. The number of primary amides is 1. The number of aromatic nitrogens is 2. The number of rotatable bonds is 2. The van der Waals surface area contributed by atoms with Crippen LogP contribution in [0.1, 0.15) is 34.8 Å². The van der Waals surface area contributed by atoms with Gasteiger partial charge in [0.05, 0.1) is 17.1 Å². The number of amides is 1. The van der Waals surface area contributed by atoms with Crippen LogP contribution in [0.4, 0.5) is 5.69 Å². The molecule has 2 bridgehead atoms. The highest BCUT2D eigenvalue weighted by molar-refractivity contribution is 5.93. The first-order valence-electron chi connectivity index (χ1n) is 7.37. The summed E-state index contributed by atoms with van der Waals surface area (Å²) in [5.74, 6) is 0.214. The largest absolute Gasteiger partial charge is 0.368 e. The van der Waals surface area contributed by atoms with Gasteiger partial charge in [-0.15, -0.1) is 0 Å². The molecule has 1 aromatic carbocycles. The molecule has 0 unspecified atom stereocenters. The minimum Gasteiger partial charge on any atom is -0.368 e. The van der Waals surface area contributed by atoms with Crippen LogP contribution in [0, 0.1) is 0 Å². The van der Waals surface area contributed by atoms with Crippen LogP contribution >= 0.6 is 0 Å². The minimum atomic E-state index is -0.392. The molecule has 2 aromatic rings. The van der Waals surface area contributed by atoms with Gasteiger partial charge >= 0.3 is 0 Å². The first-order chi connectivity index (χ1) is 10.1.